The van der Waals surface area contributed by atoms with E-state index in [4.69, 9.17) is 4.74 Å². The Bertz CT molecular complexity index is 243. The molecule has 2 atom stereocenters. The first-order valence-electron chi connectivity index (χ1n) is 5.98. The van der Waals surface area contributed by atoms with Crippen LogP contribution in [-0.4, -0.2) is 31.2 Å². The minimum absolute atomic E-state index is 0.910. The van der Waals surface area contributed by atoms with Crippen LogP contribution >= 0.6 is 0 Å². The van der Waals surface area contributed by atoms with Crippen molar-refractivity contribution in [2.45, 2.75) is 25.7 Å². The Morgan fingerprint density at radius 3 is 2.93 bits per heavy atom. The zero-order valence-corrected chi connectivity index (χ0v) is 8.74. The lowest BCUT2D eigenvalue weighted by atomic mass is 9.97. The third-order valence-electron chi connectivity index (χ3n) is 4.04. The Labute approximate surface area is 85.9 Å². The fourth-order valence-electron chi connectivity index (χ4n) is 3.32. The first-order chi connectivity index (χ1) is 6.95. The van der Waals surface area contributed by atoms with E-state index in [0.29, 0.717) is 0 Å². The number of morpholine rings is 1. The molecule has 2 nitrogen and oxygen atoms in total. The minimum Gasteiger partial charge on any atom is -0.378 e. The van der Waals surface area contributed by atoms with Crippen molar-refractivity contribution in [3.05, 3.63) is 11.8 Å². The van der Waals surface area contributed by atoms with E-state index in [0.717, 1.165) is 38.1 Å². The molecule has 1 aliphatic heterocycles. The van der Waals surface area contributed by atoms with E-state index in [2.05, 4.69) is 11.0 Å². The maximum atomic E-state index is 5.40. The van der Waals surface area contributed by atoms with Crippen LogP contribution in [0.15, 0.2) is 11.8 Å². The molecule has 14 heavy (non-hydrogen) atoms. The molecule has 0 bridgehead atoms. The molecule has 2 fully saturated rings. The summed E-state index contributed by atoms with van der Waals surface area (Å²) in [5, 5.41) is 0. The maximum Gasteiger partial charge on any atom is 0.0642 e. The number of ether oxygens (including phenoxy) is 1. The van der Waals surface area contributed by atoms with E-state index in [1.165, 1.54) is 25.7 Å². The Hall–Kier alpha value is -0.500. The Balaban J connectivity index is 1.71. The molecule has 0 amide bonds. The SMILES string of the molecule is C1=C(N2CCOCC2)[C@@H]2CCC[C@@H]2C1. The van der Waals surface area contributed by atoms with Crippen molar-refractivity contribution in [2.75, 3.05) is 26.3 Å². The highest BCUT2D eigenvalue weighted by Gasteiger charge is 2.36. The van der Waals surface area contributed by atoms with E-state index in [-0.39, 0.29) is 0 Å². The van der Waals surface area contributed by atoms with Crippen molar-refractivity contribution >= 4 is 0 Å². The molecule has 3 aliphatic rings. The molecule has 3 rings (SSSR count). The molecule has 78 valence electrons. The van der Waals surface area contributed by atoms with E-state index >= 15 is 0 Å². The highest BCUT2D eigenvalue weighted by Crippen LogP contribution is 2.45. The van der Waals surface area contributed by atoms with Gasteiger partial charge in [-0.25, -0.2) is 0 Å². The molecule has 0 spiro atoms. The topological polar surface area (TPSA) is 12.5 Å². The molecular weight excluding hydrogens is 174 g/mol. The van der Waals surface area contributed by atoms with Crippen LogP contribution in [0.25, 0.3) is 0 Å². The van der Waals surface area contributed by atoms with E-state index < -0.39 is 0 Å². The fourth-order valence-corrected chi connectivity index (χ4v) is 3.32. The molecule has 2 heteroatoms. The molecule has 0 aromatic heterocycles. The average molecular weight is 193 g/mol. The summed E-state index contributed by atoms with van der Waals surface area (Å²) in [4.78, 5) is 2.57. The number of nitrogens with zero attached hydrogens (tertiary/aromatic N) is 1. The molecule has 0 radical (unpaired) electrons. The summed E-state index contributed by atoms with van der Waals surface area (Å²) in [6, 6.07) is 0. The van der Waals surface area contributed by atoms with Crippen LogP contribution < -0.4 is 0 Å². The molecule has 0 aromatic carbocycles. The van der Waals surface area contributed by atoms with Crippen molar-refractivity contribution in [3.8, 4) is 0 Å². The quantitative estimate of drug-likeness (QED) is 0.631. The summed E-state index contributed by atoms with van der Waals surface area (Å²) in [7, 11) is 0. The van der Waals surface area contributed by atoms with Crippen LogP contribution in [0.4, 0.5) is 0 Å². The minimum atomic E-state index is 0.910. The lowest BCUT2D eigenvalue weighted by Crippen LogP contribution is -2.37. The molecule has 0 N–H and O–H groups in total. The van der Waals surface area contributed by atoms with Gasteiger partial charge in [-0.1, -0.05) is 12.5 Å². The number of fused-ring (bicyclic) bond motifs is 1. The van der Waals surface area contributed by atoms with E-state index in [1.807, 2.05) is 0 Å². The summed E-state index contributed by atoms with van der Waals surface area (Å²) in [5.41, 5.74) is 1.66. The largest absolute Gasteiger partial charge is 0.378 e. The van der Waals surface area contributed by atoms with Gasteiger partial charge in [-0.05, 0) is 25.2 Å². The van der Waals surface area contributed by atoms with Gasteiger partial charge >= 0.3 is 0 Å². The summed E-state index contributed by atoms with van der Waals surface area (Å²) in [5.74, 6) is 1.90. The van der Waals surface area contributed by atoms with Gasteiger partial charge < -0.3 is 9.64 Å². The van der Waals surface area contributed by atoms with Crippen LogP contribution in [0.5, 0.6) is 0 Å². The zero-order chi connectivity index (χ0) is 9.38. The van der Waals surface area contributed by atoms with Crippen molar-refractivity contribution in [1.29, 1.82) is 0 Å². The Morgan fingerprint density at radius 2 is 2.07 bits per heavy atom. The van der Waals surface area contributed by atoms with Crippen LogP contribution in [0.2, 0.25) is 0 Å². The van der Waals surface area contributed by atoms with Crippen LogP contribution in [0.1, 0.15) is 25.7 Å². The van der Waals surface area contributed by atoms with Gasteiger partial charge in [-0.3, -0.25) is 0 Å². The standard InChI is InChI=1S/C12H19NO/c1-2-10-4-5-12(11(10)3-1)13-6-8-14-9-7-13/h5,10-11H,1-4,6-9H2/t10-,11-/m1/s1. The zero-order valence-electron chi connectivity index (χ0n) is 8.74. The first-order valence-corrected chi connectivity index (χ1v) is 5.98. The van der Waals surface area contributed by atoms with E-state index in [1.54, 1.807) is 5.70 Å². The highest BCUT2D eigenvalue weighted by molar-refractivity contribution is 5.16. The molecule has 2 aliphatic carbocycles. The molecular formula is C12H19NO. The van der Waals surface area contributed by atoms with E-state index in [9.17, 15) is 0 Å². The maximum absolute atomic E-state index is 5.40. The predicted octanol–water partition coefficient (Wildman–Crippen LogP) is 2.02. The van der Waals surface area contributed by atoms with Gasteiger partial charge in [0.15, 0.2) is 0 Å². The molecule has 0 unspecified atom stereocenters. The van der Waals surface area contributed by atoms with Gasteiger partial charge in [-0.2, -0.15) is 0 Å². The van der Waals surface area contributed by atoms with Crippen LogP contribution in [0, 0.1) is 11.8 Å². The molecule has 1 saturated heterocycles. The van der Waals surface area contributed by atoms with Crippen molar-refractivity contribution < 1.29 is 4.74 Å². The Morgan fingerprint density at radius 1 is 1.21 bits per heavy atom. The smallest absolute Gasteiger partial charge is 0.0642 e. The average Bonchev–Trinajstić information content (AvgIpc) is 2.79. The summed E-state index contributed by atoms with van der Waals surface area (Å²) in [6.45, 7) is 4.09. The molecule has 0 aromatic rings. The second kappa shape index (κ2) is 3.58. The Kier molecular flexibility index (Phi) is 2.24. The second-order valence-electron chi connectivity index (χ2n) is 4.76. The second-order valence-corrected chi connectivity index (χ2v) is 4.76. The fraction of sp³-hybridized carbons (Fsp3) is 0.833. The highest BCUT2D eigenvalue weighted by atomic mass is 16.5. The van der Waals surface area contributed by atoms with Crippen molar-refractivity contribution in [1.82, 2.24) is 4.90 Å². The number of hydrogen-bond donors (Lipinski definition) is 0. The first kappa shape index (κ1) is 8.78. The normalized spacial score (nSPS) is 37.1. The van der Waals surface area contributed by atoms with Gasteiger partial charge in [0.25, 0.3) is 0 Å². The number of hydrogen-bond acceptors (Lipinski definition) is 2. The van der Waals surface area contributed by atoms with Crippen molar-refractivity contribution in [2.24, 2.45) is 11.8 Å². The molecule has 1 heterocycles. The van der Waals surface area contributed by atoms with Crippen LogP contribution in [-0.2, 0) is 4.74 Å². The number of allylic oxidation sites excluding steroid dienone is 2. The summed E-state index contributed by atoms with van der Waals surface area (Å²) < 4.78 is 5.40. The van der Waals surface area contributed by atoms with Gasteiger partial charge in [-0.15, -0.1) is 0 Å². The van der Waals surface area contributed by atoms with Crippen molar-refractivity contribution in [3.63, 3.8) is 0 Å². The summed E-state index contributed by atoms with van der Waals surface area (Å²) >= 11 is 0. The predicted molar refractivity (Wildman–Crippen MR) is 55.9 cm³/mol. The van der Waals surface area contributed by atoms with Gasteiger partial charge in [0.05, 0.1) is 13.2 Å². The third kappa shape index (κ3) is 1.36. The monoisotopic (exact) mass is 193 g/mol. The van der Waals surface area contributed by atoms with Gasteiger partial charge in [0.2, 0.25) is 0 Å². The lowest BCUT2D eigenvalue weighted by Gasteiger charge is -2.33. The summed E-state index contributed by atoms with van der Waals surface area (Å²) in [6.07, 6.45) is 8.21. The lowest BCUT2D eigenvalue weighted by molar-refractivity contribution is 0.0485. The molecule has 1 saturated carbocycles. The van der Waals surface area contributed by atoms with Crippen LogP contribution in [0.3, 0.4) is 0 Å². The third-order valence-corrected chi connectivity index (χ3v) is 4.04. The van der Waals surface area contributed by atoms with Gasteiger partial charge in [0.1, 0.15) is 0 Å². The van der Waals surface area contributed by atoms with Gasteiger partial charge in [0, 0.05) is 24.7 Å². The number of rotatable bonds is 1.